The van der Waals surface area contributed by atoms with Crippen LogP contribution in [0, 0.1) is 0 Å². The number of phenols is 1. The molecule has 1 amide bonds. The van der Waals surface area contributed by atoms with Crippen LogP contribution in [-0.2, 0) is 15.3 Å². The molecule has 2 N–H and O–H groups in total. The maximum Gasteiger partial charge on any atom is 0.301 e. The fraction of sp³-hybridized carbons (Fsp3) is 0.0690. The van der Waals surface area contributed by atoms with Gasteiger partial charge in [-0.15, -0.1) is 10.2 Å². The van der Waals surface area contributed by atoms with Crippen LogP contribution >= 0.6 is 23.1 Å². The Balaban J connectivity index is 1.37. The zero-order valence-electron chi connectivity index (χ0n) is 20.3. The van der Waals surface area contributed by atoms with Gasteiger partial charge in [0.15, 0.2) is 4.34 Å². The Morgan fingerprint density at radius 2 is 1.72 bits per heavy atom. The highest BCUT2D eigenvalue weighted by atomic mass is 32.2. The van der Waals surface area contributed by atoms with Crippen molar-refractivity contribution < 1.29 is 19.8 Å². The fourth-order valence-electron chi connectivity index (χ4n) is 4.62. The van der Waals surface area contributed by atoms with Crippen LogP contribution in [-0.4, -0.2) is 37.1 Å². The Labute approximate surface area is 231 Å². The van der Waals surface area contributed by atoms with Crippen molar-refractivity contribution >= 4 is 56.5 Å². The molecule has 1 aliphatic rings. The summed E-state index contributed by atoms with van der Waals surface area (Å²) >= 11 is 2.68. The van der Waals surface area contributed by atoms with Gasteiger partial charge < -0.3 is 10.2 Å². The predicted molar refractivity (Wildman–Crippen MR) is 151 cm³/mol. The van der Waals surface area contributed by atoms with E-state index in [-0.39, 0.29) is 22.2 Å². The van der Waals surface area contributed by atoms with Gasteiger partial charge >= 0.3 is 5.91 Å². The van der Waals surface area contributed by atoms with E-state index in [1.54, 1.807) is 24.3 Å². The molecule has 0 saturated carbocycles. The van der Waals surface area contributed by atoms with Crippen molar-refractivity contribution in [2.45, 2.75) is 16.1 Å². The number of anilines is 1. The van der Waals surface area contributed by atoms with E-state index in [1.165, 1.54) is 52.5 Å². The standard InChI is InChI=1S/C29H20N4O4S2/c34-21-9-4-7-19(15-21)24-23(25(35)18-11-13-30-14-12-18)26(36)27(37)33(24)28-31-32-29(39-28)38-16-20-8-3-6-17-5-1-2-10-22(17)20/h1-15,24,34-35H,16H2. The lowest BCUT2D eigenvalue weighted by Gasteiger charge is -2.22. The number of aliphatic hydroxyl groups excluding tert-OH is 1. The number of fused-ring (bicyclic) bond motifs is 1. The summed E-state index contributed by atoms with van der Waals surface area (Å²) in [5, 5.41) is 32.3. The molecule has 0 bridgehead atoms. The molecule has 5 aromatic rings. The first-order chi connectivity index (χ1) is 19.0. The van der Waals surface area contributed by atoms with Crippen LogP contribution in [0.3, 0.4) is 0 Å². The number of carbonyl (C=O) groups is 2. The number of rotatable bonds is 6. The number of hydrogen-bond acceptors (Lipinski definition) is 9. The largest absolute Gasteiger partial charge is 0.508 e. The lowest BCUT2D eigenvalue weighted by molar-refractivity contribution is -0.132. The van der Waals surface area contributed by atoms with Crippen LogP contribution < -0.4 is 4.90 Å². The van der Waals surface area contributed by atoms with E-state index in [2.05, 4.69) is 39.4 Å². The number of nitrogens with zero attached hydrogens (tertiary/aromatic N) is 4. The molecule has 192 valence electrons. The van der Waals surface area contributed by atoms with Crippen LogP contribution in [0.25, 0.3) is 16.5 Å². The second-order valence-corrected chi connectivity index (χ2v) is 11.0. The van der Waals surface area contributed by atoms with Crippen molar-refractivity contribution in [1.29, 1.82) is 0 Å². The van der Waals surface area contributed by atoms with Crippen molar-refractivity contribution in [3.8, 4) is 5.75 Å². The number of aromatic hydroxyl groups is 1. The Morgan fingerprint density at radius 3 is 2.54 bits per heavy atom. The molecule has 8 nitrogen and oxygen atoms in total. The molecule has 2 aromatic heterocycles. The third kappa shape index (κ3) is 4.64. The summed E-state index contributed by atoms with van der Waals surface area (Å²) in [7, 11) is 0. The molecule has 1 unspecified atom stereocenters. The molecule has 3 heterocycles. The van der Waals surface area contributed by atoms with Gasteiger partial charge in [-0.05, 0) is 46.2 Å². The van der Waals surface area contributed by atoms with Gasteiger partial charge in [0, 0.05) is 23.7 Å². The third-order valence-corrected chi connectivity index (χ3v) is 8.52. The summed E-state index contributed by atoms with van der Waals surface area (Å²) in [6.07, 6.45) is 2.97. The molecule has 1 atom stereocenters. The van der Waals surface area contributed by atoms with E-state index in [9.17, 15) is 19.8 Å². The fourth-order valence-corrected chi connectivity index (χ4v) is 6.49. The Morgan fingerprint density at radius 1 is 0.949 bits per heavy atom. The summed E-state index contributed by atoms with van der Waals surface area (Å²) in [6, 6.07) is 22.6. The minimum Gasteiger partial charge on any atom is -0.508 e. The molecular formula is C29H20N4O4S2. The Hall–Kier alpha value is -4.54. The number of carbonyl (C=O) groups excluding carboxylic acids is 2. The lowest BCUT2D eigenvalue weighted by Crippen LogP contribution is -2.29. The monoisotopic (exact) mass is 552 g/mol. The van der Waals surface area contributed by atoms with Crippen LogP contribution in [0.5, 0.6) is 5.75 Å². The smallest absolute Gasteiger partial charge is 0.301 e. The van der Waals surface area contributed by atoms with Crippen molar-refractivity contribution in [3.63, 3.8) is 0 Å². The summed E-state index contributed by atoms with van der Waals surface area (Å²) in [5.41, 5.74) is 1.84. The second-order valence-electron chi connectivity index (χ2n) is 8.78. The average Bonchev–Trinajstić information content (AvgIpc) is 3.54. The minimum atomic E-state index is -1.01. The maximum atomic E-state index is 13.3. The van der Waals surface area contributed by atoms with Gasteiger partial charge in [-0.25, -0.2) is 0 Å². The minimum absolute atomic E-state index is 0.0365. The third-order valence-electron chi connectivity index (χ3n) is 6.42. The highest BCUT2D eigenvalue weighted by Gasteiger charge is 2.48. The molecular weight excluding hydrogens is 532 g/mol. The number of aliphatic hydroxyl groups is 1. The molecule has 0 radical (unpaired) electrons. The van der Waals surface area contributed by atoms with Crippen molar-refractivity contribution in [3.05, 3.63) is 114 Å². The first-order valence-electron chi connectivity index (χ1n) is 11.9. The Kier molecular flexibility index (Phi) is 6.55. The molecule has 10 heteroatoms. The van der Waals surface area contributed by atoms with Crippen molar-refractivity contribution in [2.24, 2.45) is 0 Å². The predicted octanol–water partition coefficient (Wildman–Crippen LogP) is 5.71. The number of aromatic nitrogens is 3. The molecule has 1 aliphatic heterocycles. The number of ketones is 1. The highest BCUT2D eigenvalue weighted by molar-refractivity contribution is 8.00. The van der Waals surface area contributed by atoms with E-state index < -0.39 is 17.7 Å². The number of benzene rings is 3. The van der Waals surface area contributed by atoms with Gasteiger partial charge in [0.2, 0.25) is 5.13 Å². The van der Waals surface area contributed by atoms with Crippen molar-refractivity contribution in [2.75, 3.05) is 4.90 Å². The average molecular weight is 553 g/mol. The zero-order valence-corrected chi connectivity index (χ0v) is 21.9. The van der Waals surface area contributed by atoms with E-state index >= 15 is 0 Å². The van der Waals surface area contributed by atoms with Gasteiger partial charge in [-0.2, -0.15) is 0 Å². The first kappa shape index (κ1) is 24.8. The quantitative estimate of drug-likeness (QED) is 0.0905. The van der Waals surface area contributed by atoms with Crippen LogP contribution in [0.4, 0.5) is 5.13 Å². The normalized spacial score (nSPS) is 16.7. The maximum absolute atomic E-state index is 13.3. The van der Waals surface area contributed by atoms with Crippen LogP contribution in [0.1, 0.15) is 22.7 Å². The summed E-state index contributed by atoms with van der Waals surface area (Å²) < 4.78 is 0.628. The number of amides is 1. The molecule has 3 aromatic carbocycles. The molecule has 0 spiro atoms. The lowest BCUT2D eigenvalue weighted by atomic mass is 9.95. The molecule has 6 rings (SSSR count). The molecule has 39 heavy (non-hydrogen) atoms. The summed E-state index contributed by atoms with van der Waals surface area (Å²) in [5.74, 6) is -1.40. The van der Waals surface area contributed by atoms with E-state index in [0.29, 0.717) is 21.2 Å². The Bertz CT molecular complexity index is 1750. The van der Waals surface area contributed by atoms with Gasteiger partial charge in [0.05, 0.1) is 11.6 Å². The topological polar surface area (TPSA) is 117 Å². The molecule has 1 saturated heterocycles. The van der Waals surface area contributed by atoms with Crippen molar-refractivity contribution in [1.82, 2.24) is 15.2 Å². The molecule has 0 aliphatic carbocycles. The van der Waals surface area contributed by atoms with Crippen LogP contribution in [0.2, 0.25) is 0 Å². The van der Waals surface area contributed by atoms with Crippen LogP contribution in [0.15, 0.2) is 101 Å². The number of thioether (sulfide) groups is 1. The number of Topliss-reactive ketones (excluding diaryl/α,β-unsaturated/α-hetero) is 1. The van der Waals surface area contributed by atoms with Gasteiger partial charge in [0.25, 0.3) is 5.78 Å². The number of hydrogen-bond donors (Lipinski definition) is 2. The summed E-state index contributed by atoms with van der Waals surface area (Å²) in [4.78, 5) is 31.8. The summed E-state index contributed by atoms with van der Waals surface area (Å²) in [6.45, 7) is 0. The second kappa shape index (κ2) is 10.3. The number of phenolic OH excluding ortho intramolecular Hbond substituents is 1. The van der Waals surface area contributed by atoms with Gasteiger partial charge in [-0.3, -0.25) is 19.5 Å². The van der Waals surface area contributed by atoms with E-state index in [1.807, 2.05) is 18.2 Å². The van der Waals surface area contributed by atoms with Gasteiger partial charge in [0.1, 0.15) is 11.5 Å². The van der Waals surface area contributed by atoms with Gasteiger partial charge in [-0.1, -0.05) is 77.7 Å². The zero-order chi connectivity index (χ0) is 26.9. The highest BCUT2D eigenvalue weighted by Crippen LogP contribution is 2.44. The van der Waals surface area contributed by atoms with E-state index in [0.717, 1.165) is 16.3 Å². The first-order valence-corrected chi connectivity index (χ1v) is 13.7. The number of pyridine rings is 1. The van der Waals surface area contributed by atoms with E-state index in [4.69, 9.17) is 0 Å². The SMILES string of the molecule is O=C1C(=O)N(c2nnc(SCc3cccc4ccccc34)s2)C(c2cccc(O)c2)C1=C(O)c1ccncc1. The molecule has 1 fully saturated rings.